The molecule has 0 aromatic heterocycles. The summed E-state index contributed by atoms with van der Waals surface area (Å²) in [5.74, 6) is -1.11. The van der Waals surface area contributed by atoms with Crippen LogP contribution in [0.25, 0.3) is 0 Å². The molecule has 3 rings (SSSR count). The van der Waals surface area contributed by atoms with E-state index >= 15 is 0 Å². The maximum atomic E-state index is 12.1. The van der Waals surface area contributed by atoms with Gasteiger partial charge in [0.05, 0.1) is 6.04 Å². The van der Waals surface area contributed by atoms with Crippen molar-refractivity contribution in [1.82, 2.24) is 15.5 Å². The van der Waals surface area contributed by atoms with Crippen molar-refractivity contribution < 1.29 is 9.59 Å². The third kappa shape index (κ3) is 4.18. The van der Waals surface area contributed by atoms with Gasteiger partial charge in [-0.05, 0) is 63.4 Å². The normalized spacial score (nSPS) is 18.1. The largest absolute Gasteiger partial charge is 0.374 e. The number of carbonyl (C=O) groups is 2. The van der Waals surface area contributed by atoms with Crippen LogP contribution in [0.3, 0.4) is 0 Å². The van der Waals surface area contributed by atoms with E-state index in [1.165, 1.54) is 29.7 Å². The maximum absolute atomic E-state index is 12.1. The highest BCUT2D eigenvalue weighted by Gasteiger charge is 2.27. The zero-order valence-electron chi connectivity index (χ0n) is 16.0. The Morgan fingerprint density at radius 1 is 1.12 bits per heavy atom. The summed E-state index contributed by atoms with van der Waals surface area (Å²) in [5, 5.41) is 5.48. The number of benzene rings is 1. The number of carbonyl (C=O) groups excluding carboxylic acids is 2. The fraction of sp³-hybridized carbons (Fsp3) is 0.600. The van der Waals surface area contributed by atoms with Crippen LogP contribution in [-0.2, 0) is 16.0 Å². The van der Waals surface area contributed by atoms with Gasteiger partial charge in [-0.15, -0.1) is 0 Å². The van der Waals surface area contributed by atoms with E-state index in [0.29, 0.717) is 6.54 Å². The summed E-state index contributed by atoms with van der Waals surface area (Å²) in [7, 11) is 2.12. The zero-order valence-corrected chi connectivity index (χ0v) is 16.0. The van der Waals surface area contributed by atoms with Crippen molar-refractivity contribution in [2.45, 2.75) is 45.2 Å². The topological polar surface area (TPSA) is 64.7 Å². The molecular weight excluding hydrogens is 328 g/mol. The SMILES string of the molecule is CC(C)NC(=O)C(=O)NCC(c1ccc2c(c1)CCN2C)N1CCCC1. The minimum atomic E-state index is -0.559. The molecule has 0 bridgehead atoms. The van der Waals surface area contributed by atoms with Crippen molar-refractivity contribution >= 4 is 17.5 Å². The highest BCUT2D eigenvalue weighted by molar-refractivity contribution is 6.35. The van der Waals surface area contributed by atoms with Gasteiger partial charge in [-0.25, -0.2) is 0 Å². The Balaban J connectivity index is 1.72. The van der Waals surface area contributed by atoms with Gasteiger partial charge < -0.3 is 15.5 Å². The lowest BCUT2D eigenvalue weighted by Crippen LogP contribution is -2.45. The van der Waals surface area contributed by atoms with Crippen molar-refractivity contribution in [1.29, 1.82) is 0 Å². The second kappa shape index (κ2) is 8.08. The molecule has 2 aliphatic heterocycles. The first-order chi connectivity index (χ1) is 12.5. The first-order valence-electron chi connectivity index (χ1n) is 9.62. The van der Waals surface area contributed by atoms with Crippen LogP contribution in [0.5, 0.6) is 0 Å². The summed E-state index contributed by atoms with van der Waals surface area (Å²) in [6.45, 7) is 7.28. The average Bonchev–Trinajstić information content (AvgIpc) is 3.25. The molecule has 2 N–H and O–H groups in total. The summed E-state index contributed by atoms with van der Waals surface area (Å²) >= 11 is 0. The van der Waals surface area contributed by atoms with E-state index in [9.17, 15) is 9.59 Å². The van der Waals surface area contributed by atoms with Gasteiger partial charge in [0.15, 0.2) is 0 Å². The number of hydrogen-bond acceptors (Lipinski definition) is 4. The first kappa shape index (κ1) is 18.7. The number of hydrogen-bond donors (Lipinski definition) is 2. The zero-order chi connectivity index (χ0) is 18.7. The van der Waals surface area contributed by atoms with E-state index in [2.05, 4.69) is 45.7 Å². The Kier molecular flexibility index (Phi) is 5.81. The molecule has 26 heavy (non-hydrogen) atoms. The van der Waals surface area contributed by atoms with Crippen LogP contribution in [0.15, 0.2) is 18.2 Å². The highest BCUT2D eigenvalue weighted by Crippen LogP contribution is 2.32. The standard InChI is InChI=1S/C20H30N4O2/c1-14(2)22-20(26)19(25)21-13-18(24-9-4-5-10-24)15-6-7-17-16(12-15)8-11-23(17)3/h6-7,12,14,18H,4-5,8-11,13H2,1-3H3,(H,21,25)(H,22,26). The number of likely N-dealkylation sites (tertiary alicyclic amines) is 1. The summed E-state index contributed by atoms with van der Waals surface area (Å²) in [4.78, 5) is 28.7. The van der Waals surface area contributed by atoms with Gasteiger partial charge in [-0.1, -0.05) is 12.1 Å². The van der Waals surface area contributed by atoms with Crippen LogP contribution in [-0.4, -0.2) is 56.0 Å². The Labute approximate surface area is 155 Å². The summed E-state index contributed by atoms with van der Waals surface area (Å²) in [6, 6.07) is 6.71. The molecule has 0 spiro atoms. The molecule has 0 radical (unpaired) electrons. The monoisotopic (exact) mass is 358 g/mol. The number of fused-ring (bicyclic) bond motifs is 1. The number of anilines is 1. The Hall–Kier alpha value is -2.08. The molecule has 0 aliphatic carbocycles. The molecule has 2 amide bonds. The number of likely N-dealkylation sites (N-methyl/N-ethyl adjacent to an activating group) is 1. The lowest BCUT2D eigenvalue weighted by Gasteiger charge is -2.28. The van der Waals surface area contributed by atoms with E-state index in [1.807, 2.05) is 13.8 Å². The van der Waals surface area contributed by atoms with E-state index in [0.717, 1.165) is 26.1 Å². The van der Waals surface area contributed by atoms with Crippen LogP contribution >= 0.6 is 0 Å². The molecule has 0 saturated carbocycles. The molecule has 6 heteroatoms. The van der Waals surface area contributed by atoms with Gasteiger partial charge in [0.1, 0.15) is 0 Å². The fourth-order valence-corrected chi connectivity index (χ4v) is 3.90. The molecule has 1 aromatic carbocycles. The van der Waals surface area contributed by atoms with Crippen molar-refractivity contribution in [3.63, 3.8) is 0 Å². The van der Waals surface area contributed by atoms with Crippen LogP contribution in [0, 0.1) is 0 Å². The van der Waals surface area contributed by atoms with Gasteiger partial charge in [0, 0.05) is 31.9 Å². The van der Waals surface area contributed by atoms with E-state index in [1.54, 1.807) is 0 Å². The lowest BCUT2D eigenvalue weighted by molar-refractivity contribution is -0.139. The summed E-state index contributed by atoms with van der Waals surface area (Å²) < 4.78 is 0. The Bertz CT molecular complexity index is 668. The molecule has 2 aliphatic rings. The van der Waals surface area contributed by atoms with E-state index in [-0.39, 0.29) is 12.1 Å². The molecule has 6 nitrogen and oxygen atoms in total. The molecule has 1 aromatic rings. The third-order valence-corrected chi connectivity index (χ3v) is 5.28. The maximum Gasteiger partial charge on any atom is 0.309 e. The van der Waals surface area contributed by atoms with Crippen molar-refractivity contribution in [2.75, 3.05) is 38.1 Å². The predicted molar refractivity (Wildman–Crippen MR) is 103 cm³/mol. The minimum absolute atomic E-state index is 0.0451. The molecule has 1 atom stereocenters. The number of amides is 2. The number of nitrogens with one attached hydrogen (secondary N) is 2. The molecule has 1 saturated heterocycles. The second-order valence-electron chi connectivity index (χ2n) is 7.66. The minimum Gasteiger partial charge on any atom is -0.374 e. The van der Waals surface area contributed by atoms with Gasteiger partial charge >= 0.3 is 11.8 Å². The quantitative estimate of drug-likeness (QED) is 0.782. The molecule has 1 unspecified atom stereocenters. The third-order valence-electron chi connectivity index (χ3n) is 5.28. The summed E-state index contributed by atoms with van der Waals surface area (Å²) in [5.41, 5.74) is 3.90. The second-order valence-corrected chi connectivity index (χ2v) is 7.66. The first-order valence-corrected chi connectivity index (χ1v) is 9.62. The Morgan fingerprint density at radius 3 is 2.54 bits per heavy atom. The van der Waals surface area contributed by atoms with Gasteiger partial charge in [0.2, 0.25) is 0 Å². The van der Waals surface area contributed by atoms with Crippen LogP contribution in [0.4, 0.5) is 5.69 Å². The lowest BCUT2D eigenvalue weighted by atomic mass is 10.0. The van der Waals surface area contributed by atoms with Gasteiger partial charge in [-0.3, -0.25) is 14.5 Å². The average molecular weight is 358 g/mol. The predicted octanol–water partition coefficient (Wildman–Crippen LogP) is 1.46. The Morgan fingerprint density at radius 2 is 1.85 bits per heavy atom. The van der Waals surface area contributed by atoms with Crippen LogP contribution < -0.4 is 15.5 Å². The molecule has 142 valence electrons. The smallest absolute Gasteiger partial charge is 0.309 e. The van der Waals surface area contributed by atoms with Crippen molar-refractivity contribution in [3.8, 4) is 0 Å². The van der Waals surface area contributed by atoms with E-state index in [4.69, 9.17) is 0 Å². The molecular formula is C20H30N4O2. The molecule has 2 heterocycles. The molecule has 1 fully saturated rings. The highest BCUT2D eigenvalue weighted by atomic mass is 16.2. The summed E-state index contributed by atoms with van der Waals surface area (Å²) in [6.07, 6.45) is 3.44. The van der Waals surface area contributed by atoms with Crippen molar-refractivity contribution in [2.24, 2.45) is 0 Å². The fourth-order valence-electron chi connectivity index (χ4n) is 3.90. The number of nitrogens with zero attached hydrogens (tertiary/aromatic N) is 2. The van der Waals surface area contributed by atoms with Gasteiger partial charge in [0.25, 0.3) is 0 Å². The van der Waals surface area contributed by atoms with Crippen molar-refractivity contribution in [3.05, 3.63) is 29.3 Å². The van der Waals surface area contributed by atoms with Gasteiger partial charge in [-0.2, -0.15) is 0 Å². The number of rotatable bonds is 5. The van der Waals surface area contributed by atoms with E-state index < -0.39 is 11.8 Å². The van der Waals surface area contributed by atoms with Crippen LogP contribution in [0.1, 0.15) is 43.9 Å². The van der Waals surface area contributed by atoms with Crippen LogP contribution in [0.2, 0.25) is 0 Å².